The summed E-state index contributed by atoms with van der Waals surface area (Å²) in [5.74, 6) is 0. The highest BCUT2D eigenvalue weighted by Gasteiger charge is 2.29. The molecule has 8 nitrogen and oxygen atoms in total. The van der Waals surface area contributed by atoms with Crippen molar-refractivity contribution in [1.29, 1.82) is 0 Å². The number of benzene rings is 1. The Bertz CT molecular complexity index is 585. The number of non-ortho nitro benzene ring substituents is 1. The Morgan fingerprint density at radius 3 is 1.76 bits per heavy atom. The Balaban J connectivity index is 3.12. The summed E-state index contributed by atoms with van der Waals surface area (Å²) < 4.78 is 72.1. The molecule has 0 atom stereocenters. The third-order valence-corrected chi connectivity index (χ3v) is 3.99. The SMILES string of the molecule is O=[N+]([O-])c1ccc(S(=O)(=O)N(CN(F)F)CN(F)F)cc1. The summed E-state index contributed by atoms with van der Waals surface area (Å²) in [4.78, 5) is 8.99. The Hall–Kier alpha value is -1.83. The molecule has 0 amide bonds. The molecular weight excluding hydrogens is 324 g/mol. The van der Waals surface area contributed by atoms with E-state index in [1.54, 1.807) is 0 Å². The number of nitro groups is 1. The molecule has 0 heterocycles. The molecule has 0 aromatic heterocycles. The molecule has 1 aromatic carbocycles. The van der Waals surface area contributed by atoms with Gasteiger partial charge in [0.1, 0.15) is 13.3 Å². The number of nitro benzene ring substituents is 1. The lowest BCUT2D eigenvalue weighted by Crippen LogP contribution is -2.40. The van der Waals surface area contributed by atoms with Crippen LogP contribution in [0.25, 0.3) is 0 Å². The lowest BCUT2D eigenvalue weighted by molar-refractivity contribution is -0.384. The molecule has 0 spiro atoms. The number of hydrogen-bond acceptors (Lipinski definition) is 6. The van der Waals surface area contributed by atoms with Gasteiger partial charge in [0.15, 0.2) is 0 Å². The molecule has 0 radical (unpaired) electrons. The van der Waals surface area contributed by atoms with Gasteiger partial charge < -0.3 is 0 Å². The van der Waals surface area contributed by atoms with Crippen molar-refractivity contribution in [3.05, 3.63) is 34.4 Å². The largest absolute Gasteiger partial charge is 0.269 e. The van der Waals surface area contributed by atoms with Crippen LogP contribution < -0.4 is 0 Å². The highest BCUT2D eigenvalue weighted by Crippen LogP contribution is 2.20. The minimum absolute atomic E-state index is 0.200. The minimum Gasteiger partial charge on any atom is -0.258 e. The molecule has 0 fully saturated rings. The fraction of sp³-hybridized carbons (Fsp3) is 0.250. The lowest BCUT2D eigenvalue weighted by atomic mass is 10.3. The zero-order valence-corrected chi connectivity index (χ0v) is 10.9. The second-order valence-corrected chi connectivity index (χ2v) is 5.53. The summed E-state index contributed by atoms with van der Waals surface area (Å²) >= 11 is 0. The van der Waals surface area contributed by atoms with E-state index in [-0.39, 0.29) is 4.31 Å². The predicted octanol–water partition coefficient (Wildman–Crippen LogP) is 1.64. The van der Waals surface area contributed by atoms with Gasteiger partial charge in [0.25, 0.3) is 5.69 Å². The van der Waals surface area contributed by atoms with Gasteiger partial charge in [-0.15, -0.1) is 17.9 Å². The van der Waals surface area contributed by atoms with Crippen molar-refractivity contribution in [2.45, 2.75) is 4.90 Å². The third kappa shape index (κ3) is 4.59. The second-order valence-electron chi connectivity index (χ2n) is 3.60. The van der Waals surface area contributed by atoms with Crippen LogP contribution in [-0.2, 0) is 10.0 Å². The van der Waals surface area contributed by atoms with E-state index < -0.39 is 49.6 Å². The summed E-state index contributed by atoms with van der Waals surface area (Å²) in [6.45, 7) is -3.19. The zero-order valence-electron chi connectivity index (χ0n) is 10.1. The average molecular weight is 332 g/mol. The molecule has 0 N–H and O–H groups in total. The van der Waals surface area contributed by atoms with E-state index in [4.69, 9.17) is 0 Å². The molecule has 0 aliphatic carbocycles. The van der Waals surface area contributed by atoms with Gasteiger partial charge in [0, 0.05) is 22.8 Å². The van der Waals surface area contributed by atoms with Crippen molar-refractivity contribution in [3.8, 4) is 0 Å². The van der Waals surface area contributed by atoms with Crippen LogP contribution in [0.15, 0.2) is 29.2 Å². The van der Waals surface area contributed by atoms with Crippen molar-refractivity contribution in [1.82, 2.24) is 15.0 Å². The second kappa shape index (κ2) is 6.75. The fourth-order valence-electron chi connectivity index (χ4n) is 1.32. The van der Waals surface area contributed by atoms with Gasteiger partial charge in [-0.1, -0.05) is 0 Å². The standard InChI is InChI=1S/C8H8F4N4O4S/c9-14(10)5-13(6-15(11)12)21(19,20)8-3-1-7(2-4-8)16(17)18/h1-4H,5-6H2. The van der Waals surface area contributed by atoms with Crippen molar-refractivity contribution in [3.63, 3.8) is 0 Å². The maximum atomic E-state index is 12.1. The van der Waals surface area contributed by atoms with Crippen LogP contribution in [0.4, 0.5) is 23.6 Å². The first-order chi connectivity index (χ1) is 9.64. The highest BCUT2D eigenvalue weighted by atomic mass is 32.2. The van der Waals surface area contributed by atoms with E-state index in [2.05, 4.69) is 0 Å². The van der Waals surface area contributed by atoms with Gasteiger partial charge >= 0.3 is 0 Å². The smallest absolute Gasteiger partial charge is 0.258 e. The normalized spacial score (nSPS) is 12.3. The molecule has 0 aliphatic rings. The predicted molar refractivity (Wildman–Crippen MR) is 60.0 cm³/mol. The van der Waals surface area contributed by atoms with Crippen LogP contribution in [0.1, 0.15) is 0 Å². The molecule has 0 saturated heterocycles. The summed E-state index contributed by atoms with van der Waals surface area (Å²) in [6, 6.07) is 3.16. The molecule has 21 heavy (non-hydrogen) atoms. The van der Waals surface area contributed by atoms with Crippen LogP contribution in [0, 0.1) is 10.1 Å². The van der Waals surface area contributed by atoms with Crippen LogP contribution in [0.3, 0.4) is 0 Å². The number of hydrogen-bond donors (Lipinski definition) is 0. The summed E-state index contributed by atoms with van der Waals surface area (Å²) in [5.41, 5.74) is -0.435. The van der Waals surface area contributed by atoms with Crippen molar-refractivity contribution in [2.75, 3.05) is 13.3 Å². The number of nitrogens with zero attached hydrogens (tertiary/aromatic N) is 4. The average Bonchev–Trinajstić information content (AvgIpc) is 2.37. The van der Waals surface area contributed by atoms with E-state index in [1.807, 2.05) is 0 Å². The Morgan fingerprint density at radius 1 is 1.00 bits per heavy atom. The van der Waals surface area contributed by atoms with Gasteiger partial charge in [-0.25, -0.2) is 8.42 Å². The van der Waals surface area contributed by atoms with Gasteiger partial charge in [0.2, 0.25) is 10.0 Å². The summed E-state index contributed by atoms with van der Waals surface area (Å²) in [7, 11) is -4.67. The van der Waals surface area contributed by atoms with E-state index in [0.29, 0.717) is 0 Å². The van der Waals surface area contributed by atoms with Crippen molar-refractivity contribution in [2.24, 2.45) is 0 Å². The fourth-order valence-corrected chi connectivity index (χ4v) is 2.58. The van der Waals surface area contributed by atoms with Crippen LogP contribution >= 0.6 is 0 Å². The van der Waals surface area contributed by atoms with Crippen molar-refractivity contribution < 1.29 is 31.3 Å². The minimum atomic E-state index is -4.67. The molecule has 0 bridgehead atoms. The topological polar surface area (TPSA) is 87.0 Å². The summed E-state index contributed by atoms with van der Waals surface area (Å²) in [6.07, 6.45) is 0. The van der Waals surface area contributed by atoms with Crippen molar-refractivity contribution >= 4 is 15.7 Å². The van der Waals surface area contributed by atoms with Crippen LogP contribution in [-0.4, -0.2) is 41.7 Å². The monoisotopic (exact) mass is 332 g/mol. The van der Waals surface area contributed by atoms with E-state index in [1.165, 1.54) is 0 Å². The Labute approximate surface area is 115 Å². The van der Waals surface area contributed by atoms with E-state index >= 15 is 0 Å². The van der Waals surface area contributed by atoms with Crippen LogP contribution in [0.2, 0.25) is 0 Å². The number of sulfonamides is 1. The van der Waals surface area contributed by atoms with Gasteiger partial charge in [0.05, 0.1) is 9.82 Å². The van der Waals surface area contributed by atoms with Gasteiger partial charge in [-0.2, -0.15) is 4.31 Å². The van der Waals surface area contributed by atoms with Gasteiger partial charge in [-0.3, -0.25) is 10.1 Å². The van der Waals surface area contributed by atoms with Gasteiger partial charge in [-0.05, 0) is 12.1 Å². The molecule has 1 aromatic rings. The molecule has 0 aliphatic heterocycles. The van der Waals surface area contributed by atoms with E-state index in [9.17, 15) is 36.5 Å². The maximum Gasteiger partial charge on any atom is 0.269 e. The first-order valence-corrected chi connectivity index (χ1v) is 6.51. The molecule has 0 unspecified atom stereocenters. The zero-order chi connectivity index (χ0) is 16.2. The lowest BCUT2D eigenvalue weighted by Gasteiger charge is -2.21. The number of rotatable bonds is 7. The third-order valence-electron chi connectivity index (χ3n) is 2.21. The molecule has 118 valence electrons. The van der Waals surface area contributed by atoms with E-state index in [0.717, 1.165) is 24.3 Å². The Morgan fingerprint density at radius 2 is 1.43 bits per heavy atom. The number of halogens is 4. The highest BCUT2D eigenvalue weighted by molar-refractivity contribution is 7.89. The molecule has 1 rings (SSSR count). The molecule has 13 heteroatoms. The quantitative estimate of drug-likeness (QED) is 0.248. The molecular formula is C8H8F4N4O4S. The summed E-state index contributed by atoms with van der Waals surface area (Å²) in [5, 5.41) is 7.24. The maximum absolute atomic E-state index is 12.1. The molecule has 0 saturated carbocycles. The first kappa shape index (κ1) is 17.2. The Kier molecular flexibility index (Phi) is 5.54. The van der Waals surface area contributed by atoms with Crippen LogP contribution in [0.5, 0.6) is 0 Å². The first-order valence-electron chi connectivity index (χ1n) is 5.07.